The molecule has 0 radical (unpaired) electrons. The molecule has 2 fully saturated rings. The molecule has 1 saturated carbocycles. The van der Waals surface area contributed by atoms with Gasteiger partial charge in [-0.1, -0.05) is 12.3 Å². The SMILES string of the molecule is C#CCN1CCC(NCC2CCCC2O)CC1. The number of nitrogens with one attached hydrogen (secondary N) is 1. The molecule has 1 aliphatic heterocycles. The van der Waals surface area contributed by atoms with Gasteiger partial charge in [-0.2, -0.15) is 0 Å². The molecule has 0 spiro atoms. The van der Waals surface area contributed by atoms with Crippen LogP contribution >= 0.6 is 0 Å². The predicted octanol–water partition coefficient (Wildman–Crippen LogP) is 0.835. The number of aliphatic hydroxyl groups excluding tert-OH is 1. The van der Waals surface area contributed by atoms with Gasteiger partial charge in [0.2, 0.25) is 0 Å². The number of hydrogen-bond acceptors (Lipinski definition) is 3. The van der Waals surface area contributed by atoms with E-state index >= 15 is 0 Å². The highest BCUT2D eigenvalue weighted by Gasteiger charge is 2.26. The number of terminal acetylenes is 1. The van der Waals surface area contributed by atoms with Crippen LogP contribution in [0.4, 0.5) is 0 Å². The fraction of sp³-hybridized carbons (Fsp3) is 0.857. The minimum absolute atomic E-state index is 0.0657. The third-order valence-corrected chi connectivity index (χ3v) is 4.19. The van der Waals surface area contributed by atoms with Crippen LogP contribution in [-0.4, -0.2) is 48.3 Å². The van der Waals surface area contributed by atoms with E-state index in [1.807, 2.05) is 0 Å². The maximum Gasteiger partial charge on any atom is 0.0598 e. The summed E-state index contributed by atoms with van der Waals surface area (Å²) in [6.07, 6.45) is 11.0. The molecule has 17 heavy (non-hydrogen) atoms. The van der Waals surface area contributed by atoms with E-state index in [4.69, 9.17) is 6.42 Å². The van der Waals surface area contributed by atoms with Crippen molar-refractivity contribution < 1.29 is 5.11 Å². The molecule has 2 rings (SSSR count). The average molecular weight is 236 g/mol. The molecule has 3 nitrogen and oxygen atoms in total. The first-order valence-corrected chi connectivity index (χ1v) is 6.87. The maximum absolute atomic E-state index is 9.76. The second-order valence-electron chi connectivity index (χ2n) is 5.42. The van der Waals surface area contributed by atoms with Gasteiger partial charge in [-0.15, -0.1) is 6.42 Å². The number of likely N-dealkylation sites (tertiary alicyclic amines) is 1. The Morgan fingerprint density at radius 2 is 2.00 bits per heavy atom. The topological polar surface area (TPSA) is 35.5 Å². The molecule has 2 aliphatic rings. The van der Waals surface area contributed by atoms with Crippen molar-refractivity contribution in [3.05, 3.63) is 0 Å². The quantitative estimate of drug-likeness (QED) is 0.710. The first kappa shape index (κ1) is 12.9. The van der Waals surface area contributed by atoms with Gasteiger partial charge in [-0.3, -0.25) is 4.90 Å². The molecule has 96 valence electrons. The Bertz CT molecular complexity index is 266. The van der Waals surface area contributed by atoms with Crippen LogP contribution in [0.5, 0.6) is 0 Å². The van der Waals surface area contributed by atoms with E-state index in [9.17, 15) is 5.11 Å². The molecule has 1 heterocycles. The normalized spacial score (nSPS) is 31.5. The van der Waals surface area contributed by atoms with E-state index in [1.165, 1.54) is 25.7 Å². The molecular formula is C14H24N2O. The first-order chi connectivity index (χ1) is 8.29. The lowest BCUT2D eigenvalue weighted by atomic mass is 10.0. The average Bonchev–Trinajstić information content (AvgIpc) is 2.75. The highest BCUT2D eigenvalue weighted by molar-refractivity contribution is 4.90. The summed E-state index contributed by atoms with van der Waals surface area (Å²) in [6.45, 7) is 3.99. The van der Waals surface area contributed by atoms with Crippen LogP contribution in [0.2, 0.25) is 0 Å². The standard InChI is InChI=1S/C14H24N2O/c1-2-8-16-9-6-13(7-10-16)15-11-12-4-3-5-14(12)17/h1,12-15,17H,3-11H2. The Kier molecular flexibility index (Phi) is 4.85. The zero-order valence-corrected chi connectivity index (χ0v) is 10.6. The monoisotopic (exact) mass is 236 g/mol. The van der Waals surface area contributed by atoms with Crippen molar-refractivity contribution in [2.24, 2.45) is 5.92 Å². The van der Waals surface area contributed by atoms with Gasteiger partial charge in [0.05, 0.1) is 12.6 Å². The Labute approximate surface area is 105 Å². The van der Waals surface area contributed by atoms with Crippen molar-refractivity contribution in [3.63, 3.8) is 0 Å². The van der Waals surface area contributed by atoms with Crippen LogP contribution < -0.4 is 5.32 Å². The van der Waals surface area contributed by atoms with Crippen LogP contribution in [0.25, 0.3) is 0 Å². The Hall–Kier alpha value is -0.560. The van der Waals surface area contributed by atoms with Gasteiger partial charge in [0.1, 0.15) is 0 Å². The van der Waals surface area contributed by atoms with Crippen LogP contribution in [0, 0.1) is 18.3 Å². The summed E-state index contributed by atoms with van der Waals surface area (Å²) in [7, 11) is 0. The molecule has 0 aromatic rings. The highest BCUT2D eigenvalue weighted by Crippen LogP contribution is 2.25. The lowest BCUT2D eigenvalue weighted by Crippen LogP contribution is -2.44. The van der Waals surface area contributed by atoms with Gasteiger partial charge in [0, 0.05) is 25.7 Å². The van der Waals surface area contributed by atoms with E-state index in [1.54, 1.807) is 0 Å². The second-order valence-corrected chi connectivity index (χ2v) is 5.42. The lowest BCUT2D eigenvalue weighted by molar-refractivity contribution is 0.126. The number of nitrogens with zero attached hydrogens (tertiary/aromatic N) is 1. The van der Waals surface area contributed by atoms with Crippen molar-refractivity contribution in [2.45, 2.75) is 44.2 Å². The van der Waals surface area contributed by atoms with Crippen molar-refractivity contribution >= 4 is 0 Å². The Morgan fingerprint density at radius 1 is 1.24 bits per heavy atom. The molecule has 0 aromatic heterocycles. The summed E-state index contributed by atoms with van der Waals surface area (Å²) < 4.78 is 0. The first-order valence-electron chi connectivity index (χ1n) is 6.87. The number of piperidine rings is 1. The molecule has 3 heteroatoms. The van der Waals surface area contributed by atoms with Crippen molar-refractivity contribution in [2.75, 3.05) is 26.2 Å². The molecule has 1 aliphatic carbocycles. The van der Waals surface area contributed by atoms with Gasteiger partial charge in [-0.05, 0) is 31.6 Å². The largest absolute Gasteiger partial charge is 0.393 e. The Balaban J connectivity index is 1.63. The van der Waals surface area contributed by atoms with Crippen molar-refractivity contribution in [1.29, 1.82) is 0 Å². The third kappa shape index (κ3) is 3.70. The summed E-state index contributed by atoms with van der Waals surface area (Å²) in [5.74, 6) is 3.19. The maximum atomic E-state index is 9.76. The molecule has 0 bridgehead atoms. The van der Waals surface area contributed by atoms with Gasteiger partial charge < -0.3 is 10.4 Å². The number of rotatable bonds is 4. The van der Waals surface area contributed by atoms with E-state index in [0.29, 0.717) is 12.0 Å². The molecule has 0 amide bonds. The van der Waals surface area contributed by atoms with Crippen LogP contribution in [0.15, 0.2) is 0 Å². The second kappa shape index (κ2) is 6.39. The summed E-state index contributed by atoms with van der Waals surface area (Å²) in [4.78, 5) is 2.34. The smallest absolute Gasteiger partial charge is 0.0598 e. The van der Waals surface area contributed by atoms with Crippen LogP contribution in [0.3, 0.4) is 0 Å². The zero-order valence-electron chi connectivity index (χ0n) is 10.6. The minimum atomic E-state index is -0.0657. The number of aliphatic hydroxyl groups is 1. The molecule has 2 N–H and O–H groups in total. The highest BCUT2D eigenvalue weighted by atomic mass is 16.3. The number of hydrogen-bond donors (Lipinski definition) is 2. The van der Waals surface area contributed by atoms with Gasteiger partial charge in [0.25, 0.3) is 0 Å². The van der Waals surface area contributed by atoms with E-state index in [-0.39, 0.29) is 6.10 Å². The van der Waals surface area contributed by atoms with Gasteiger partial charge in [0.15, 0.2) is 0 Å². The fourth-order valence-electron chi connectivity index (χ4n) is 3.00. The molecular weight excluding hydrogens is 212 g/mol. The van der Waals surface area contributed by atoms with E-state index in [0.717, 1.165) is 32.6 Å². The molecule has 0 aromatic carbocycles. The predicted molar refractivity (Wildman–Crippen MR) is 69.6 cm³/mol. The summed E-state index contributed by atoms with van der Waals surface area (Å²) in [6, 6.07) is 0.622. The molecule has 2 unspecified atom stereocenters. The zero-order chi connectivity index (χ0) is 12.1. The summed E-state index contributed by atoms with van der Waals surface area (Å²) in [5.41, 5.74) is 0. The Morgan fingerprint density at radius 3 is 2.59 bits per heavy atom. The van der Waals surface area contributed by atoms with Crippen molar-refractivity contribution in [3.8, 4) is 12.3 Å². The van der Waals surface area contributed by atoms with E-state index in [2.05, 4.69) is 16.1 Å². The summed E-state index contributed by atoms with van der Waals surface area (Å²) >= 11 is 0. The molecule has 2 atom stereocenters. The lowest BCUT2D eigenvalue weighted by Gasteiger charge is -2.32. The van der Waals surface area contributed by atoms with E-state index < -0.39 is 0 Å². The fourth-order valence-corrected chi connectivity index (χ4v) is 3.00. The van der Waals surface area contributed by atoms with Gasteiger partial charge >= 0.3 is 0 Å². The minimum Gasteiger partial charge on any atom is -0.393 e. The molecule has 1 saturated heterocycles. The van der Waals surface area contributed by atoms with Crippen molar-refractivity contribution in [1.82, 2.24) is 10.2 Å². The van der Waals surface area contributed by atoms with Crippen LogP contribution in [-0.2, 0) is 0 Å². The van der Waals surface area contributed by atoms with Crippen LogP contribution in [0.1, 0.15) is 32.1 Å². The third-order valence-electron chi connectivity index (χ3n) is 4.19. The summed E-state index contributed by atoms with van der Waals surface area (Å²) in [5, 5.41) is 13.4. The van der Waals surface area contributed by atoms with Gasteiger partial charge in [-0.25, -0.2) is 0 Å².